The number of H-pyrrole nitrogens is 2. The fourth-order valence-electron chi connectivity index (χ4n) is 2.78. The first kappa shape index (κ1) is 16.5. The topological polar surface area (TPSA) is 95.8 Å². The van der Waals surface area contributed by atoms with E-state index in [-0.39, 0.29) is 0 Å². The molecule has 0 saturated carbocycles. The van der Waals surface area contributed by atoms with Gasteiger partial charge in [-0.2, -0.15) is 5.10 Å². The molecule has 0 radical (unpaired) electrons. The Morgan fingerprint density at radius 2 is 2.04 bits per heavy atom. The van der Waals surface area contributed by atoms with Crippen LogP contribution in [0.2, 0.25) is 0 Å². The number of ether oxygens (including phenoxy) is 1. The second kappa shape index (κ2) is 7.46. The molecule has 3 aromatic rings. The number of hydrogen-bond donors (Lipinski definition) is 3. The average Bonchev–Trinajstić information content (AvgIpc) is 3.23. The highest BCUT2D eigenvalue weighted by Gasteiger charge is 2.13. The van der Waals surface area contributed by atoms with Gasteiger partial charge in [-0.1, -0.05) is 19.9 Å². The van der Waals surface area contributed by atoms with Crippen molar-refractivity contribution in [3.8, 4) is 11.5 Å². The molecular formula is C17H24N6O. The standard InChI is InChI=1S/C15H18N6O.C2H6/c16-11-8-17-20-14(11)15-18-12-2-1-10(7-13(12)19-15)9-21-3-5-22-6-4-21;1-2/h1-2,7-8H,3-6,9,16H2,(H,17,20)(H,18,19);1-2H3. The zero-order valence-electron chi connectivity index (χ0n) is 14.2. The minimum Gasteiger partial charge on any atom is -0.396 e. The second-order valence-corrected chi connectivity index (χ2v) is 5.53. The Morgan fingerprint density at radius 1 is 1.25 bits per heavy atom. The van der Waals surface area contributed by atoms with Gasteiger partial charge < -0.3 is 15.5 Å². The maximum absolute atomic E-state index is 5.88. The van der Waals surface area contributed by atoms with Crippen LogP contribution in [0.5, 0.6) is 0 Å². The number of aromatic nitrogens is 4. The van der Waals surface area contributed by atoms with Crippen LogP contribution in [0.1, 0.15) is 19.4 Å². The van der Waals surface area contributed by atoms with Gasteiger partial charge in [-0.3, -0.25) is 10.00 Å². The molecular weight excluding hydrogens is 304 g/mol. The van der Waals surface area contributed by atoms with E-state index in [9.17, 15) is 0 Å². The Bertz CT molecular complexity index is 787. The predicted octanol–water partition coefficient (Wildman–Crippen LogP) is 2.39. The molecule has 0 spiro atoms. The molecule has 1 aliphatic heterocycles. The summed E-state index contributed by atoms with van der Waals surface area (Å²) < 4.78 is 5.38. The number of imidazole rings is 1. The molecule has 2 aromatic heterocycles. The number of aromatic amines is 2. The van der Waals surface area contributed by atoms with E-state index in [1.807, 2.05) is 19.9 Å². The first-order chi connectivity index (χ1) is 11.8. The summed E-state index contributed by atoms with van der Waals surface area (Å²) in [7, 11) is 0. The van der Waals surface area contributed by atoms with Crippen LogP contribution in [0, 0.1) is 0 Å². The highest BCUT2D eigenvalue weighted by molar-refractivity contribution is 5.81. The number of rotatable bonds is 3. The van der Waals surface area contributed by atoms with E-state index in [0.717, 1.165) is 49.6 Å². The Balaban J connectivity index is 0.000000815. The Labute approximate surface area is 141 Å². The first-order valence-corrected chi connectivity index (χ1v) is 8.37. The highest BCUT2D eigenvalue weighted by atomic mass is 16.5. The van der Waals surface area contributed by atoms with E-state index in [1.165, 1.54) is 5.56 Å². The SMILES string of the molecule is CC.Nc1cn[nH]c1-c1nc2ccc(CN3CCOCC3)cc2[nH]1. The van der Waals surface area contributed by atoms with Gasteiger partial charge in [0.25, 0.3) is 0 Å². The first-order valence-electron chi connectivity index (χ1n) is 8.37. The van der Waals surface area contributed by atoms with Crippen LogP contribution in [-0.4, -0.2) is 51.4 Å². The van der Waals surface area contributed by atoms with Crippen molar-refractivity contribution in [1.82, 2.24) is 25.1 Å². The number of nitrogens with one attached hydrogen (secondary N) is 2. The van der Waals surface area contributed by atoms with Crippen molar-refractivity contribution in [2.24, 2.45) is 0 Å². The van der Waals surface area contributed by atoms with Crippen molar-refractivity contribution in [3.63, 3.8) is 0 Å². The summed E-state index contributed by atoms with van der Waals surface area (Å²) in [4.78, 5) is 10.3. The second-order valence-electron chi connectivity index (χ2n) is 5.53. The van der Waals surface area contributed by atoms with Gasteiger partial charge in [0.2, 0.25) is 0 Å². The van der Waals surface area contributed by atoms with E-state index in [4.69, 9.17) is 10.5 Å². The van der Waals surface area contributed by atoms with Gasteiger partial charge in [-0.15, -0.1) is 0 Å². The third-order valence-corrected chi connectivity index (χ3v) is 3.96. The van der Waals surface area contributed by atoms with Gasteiger partial charge >= 0.3 is 0 Å². The Kier molecular flexibility index (Phi) is 5.12. The number of anilines is 1. The number of nitrogens with zero attached hydrogens (tertiary/aromatic N) is 3. The van der Waals surface area contributed by atoms with Crippen LogP contribution in [0.15, 0.2) is 24.4 Å². The molecule has 3 heterocycles. The molecule has 24 heavy (non-hydrogen) atoms. The fourth-order valence-corrected chi connectivity index (χ4v) is 2.78. The largest absolute Gasteiger partial charge is 0.396 e. The van der Waals surface area contributed by atoms with Crippen molar-refractivity contribution in [2.75, 3.05) is 32.0 Å². The zero-order valence-corrected chi connectivity index (χ0v) is 14.2. The van der Waals surface area contributed by atoms with E-state index >= 15 is 0 Å². The van der Waals surface area contributed by atoms with Crippen molar-refractivity contribution in [1.29, 1.82) is 0 Å². The monoisotopic (exact) mass is 328 g/mol. The summed E-state index contributed by atoms with van der Waals surface area (Å²) >= 11 is 0. The molecule has 4 rings (SSSR count). The molecule has 0 atom stereocenters. The fraction of sp³-hybridized carbons (Fsp3) is 0.412. The average molecular weight is 328 g/mol. The summed E-state index contributed by atoms with van der Waals surface area (Å²) in [6, 6.07) is 6.31. The van der Waals surface area contributed by atoms with Gasteiger partial charge in [0.05, 0.1) is 36.1 Å². The molecule has 0 unspecified atom stereocenters. The molecule has 0 aliphatic carbocycles. The van der Waals surface area contributed by atoms with Crippen LogP contribution >= 0.6 is 0 Å². The van der Waals surface area contributed by atoms with Crippen molar-refractivity contribution in [3.05, 3.63) is 30.0 Å². The molecule has 1 fully saturated rings. The Morgan fingerprint density at radius 3 is 2.75 bits per heavy atom. The summed E-state index contributed by atoms with van der Waals surface area (Å²) in [5, 5.41) is 6.81. The van der Waals surface area contributed by atoms with E-state index in [1.54, 1.807) is 6.20 Å². The maximum Gasteiger partial charge on any atom is 0.158 e. The molecule has 4 N–H and O–H groups in total. The van der Waals surface area contributed by atoms with Crippen LogP contribution in [-0.2, 0) is 11.3 Å². The van der Waals surface area contributed by atoms with Gasteiger partial charge in [-0.25, -0.2) is 4.98 Å². The molecule has 7 nitrogen and oxygen atoms in total. The molecule has 1 saturated heterocycles. The number of benzene rings is 1. The van der Waals surface area contributed by atoms with E-state index < -0.39 is 0 Å². The Hall–Kier alpha value is -2.38. The molecule has 7 heteroatoms. The summed E-state index contributed by atoms with van der Waals surface area (Å²) in [5.41, 5.74) is 10.4. The van der Waals surface area contributed by atoms with Gasteiger partial charge in [0.15, 0.2) is 5.82 Å². The lowest BCUT2D eigenvalue weighted by Crippen LogP contribution is -2.35. The van der Waals surface area contributed by atoms with Crippen LogP contribution < -0.4 is 5.73 Å². The third-order valence-electron chi connectivity index (χ3n) is 3.96. The lowest BCUT2D eigenvalue weighted by Gasteiger charge is -2.26. The summed E-state index contributed by atoms with van der Waals surface area (Å²) in [6.45, 7) is 8.53. The predicted molar refractivity (Wildman–Crippen MR) is 95.5 cm³/mol. The third kappa shape index (κ3) is 3.42. The number of fused-ring (bicyclic) bond motifs is 1. The molecule has 0 amide bonds. The zero-order chi connectivity index (χ0) is 16.9. The van der Waals surface area contributed by atoms with Crippen molar-refractivity contribution >= 4 is 16.7 Å². The molecule has 128 valence electrons. The normalized spacial score (nSPS) is 15.2. The molecule has 1 aromatic carbocycles. The smallest absolute Gasteiger partial charge is 0.158 e. The minimum atomic E-state index is 0.590. The minimum absolute atomic E-state index is 0.590. The lowest BCUT2D eigenvalue weighted by atomic mass is 10.2. The highest BCUT2D eigenvalue weighted by Crippen LogP contribution is 2.24. The number of hydrogen-bond acceptors (Lipinski definition) is 5. The number of nitrogen functional groups attached to an aromatic ring is 1. The summed E-state index contributed by atoms with van der Waals surface area (Å²) in [5.74, 6) is 0.716. The maximum atomic E-state index is 5.88. The molecule has 1 aliphatic rings. The lowest BCUT2D eigenvalue weighted by molar-refractivity contribution is 0.0342. The number of nitrogens with two attached hydrogens (primary N) is 1. The van der Waals surface area contributed by atoms with Crippen molar-refractivity contribution in [2.45, 2.75) is 20.4 Å². The van der Waals surface area contributed by atoms with Gasteiger partial charge in [0.1, 0.15) is 5.69 Å². The number of morpholine rings is 1. The van der Waals surface area contributed by atoms with Gasteiger partial charge in [-0.05, 0) is 17.7 Å². The van der Waals surface area contributed by atoms with Crippen molar-refractivity contribution < 1.29 is 4.74 Å². The molecule has 0 bridgehead atoms. The van der Waals surface area contributed by atoms with Crippen LogP contribution in [0.25, 0.3) is 22.6 Å². The van der Waals surface area contributed by atoms with E-state index in [2.05, 4.69) is 37.2 Å². The van der Waals surface area contributed by atoms with Crippen LogP contribution in [0.4, 0.5) is 5.69 Å². The summed E-state index contributed by atoms with van der Waals surface area (Å²) in [6.07, 6.45) is 1.59. The quantitative estimate of drug-likeness (QED) is 0.686. The van der Waals surface area contributed by atoms with Crippen LogP contribution in [0.3, 0.4) is 0 Å². The van der Waals surface area contributed by atoms with Gasteiger partial charge in [0, 0.05) is 19.6 Å². The van der Waals surface area contributed by atoms with E-state index in [0.29, 0.717) is 11.5 Å².